The van der Waals surface area contributed by atoms with Crippen molar-refractivity contribution in [3.05, 3.63) is 65.2 Å². The molecule has 0 fully saturated rings. The van der Waals surface area contributed by atoms with Gasteiger partial charge in [-0.25, -0.2) is 0 Å². The van der Waals surface area contributed by atoms with Crippen molar-refractivity contribution in [3.63, 3.8) is 0 Å². The summed E-state index contributed by atoms with van der Waals surface area (Å²) in [5.74, 6) is -0.409. The van der Waals surface area contributed by atoms with Crippen molar-refractivity contribution in [2.24, 2.45) is 5.73 Å². The highest BCUT2D eigenvalue weighted by Gasteiger charge is 2.12. The smallest absolute Gasteiger partial charge is 0.252 e. The number of nitrogens with one attached hydrogen (secondary N) is 1. The molecule has 0 bridgehead atoms. The van der Waals surface area contributed by atoms with E-state index >= 15 is 0 Å². The lowest BCUT2D eigenvalue weighted by Gasteiger charge is -2.18. The second-order valence-corrected chi connectivity index (χ2v) is 7.23. The molecule has 2 amide bonds. The standard InChI is InChI=1S/C21H27N3O2S/c1-3-24(4-2)14-17-11-9-16(10-12-17)13-23-21(26)18-7-5-6-8-19(18)27-15-20(22)25/h5-12H,3-4,13-15H2,1-2H3,(H2,22,25)(H,23,26). The maximum absolute atomic E-state index is 12.5. The van der Waals surface area contributed by atoms with Gasteiger partial charge in [-0.05, 0) is 36.3 Å². The van der Waals surface area contributed by atoms with Gasteiger partial charge in [-0.2, -0.15) is 0 Å². The summed E-state index contributed by atoms with van der Waals surface area (Å²) in [6, 6.07) is 15.5. The van der Waals surface area contributed by atoms with Gasteiger partial charge in [-0.1, -0.05) is 50.2 Å². The third-order valence-electron chi connectivity index (χ3n) is 4.28. The number of nitrogens with two attached hydrogens (primary N) is 1. The minimum Gasteiger partial charge on any atom is -0.369 e. The number of carbonyl (C=O) groups is 2. The van der Waals surface area contributed by atoms with Gasteiger partial charge >= 0.3 is 0 Å². The van der Waals surface area contributed by atoms with Crippen LogP contribution in [0.1, 0.15) is 35.3 Å². The van der Waals surface area contributed by atoms with Crippen molar-refractivity contribution in [1.82, 2.24) is 10.2 Å². The van der Waals surface area contributed by atoms with Gasteiger partial charge in [0.05, 0.1) is 11.3 Å². The van der Waals surface area contributed by atoms with Crippen LogP contribution in [0.3, 0.4) is 0 Å². The van der Waals surface area contributed by atoms with Crippen molar-refractivity contribution in [3.8, 4) is 0 Å². The second kappa shape index (κ2) is 10.7. The molecule has 0 saturated heterocycles. The van der Waals surface area contributed by atoms with Crippen LogP contribution in [0.25, 0.3) is 0 Å². The van der Waals surface area contributed by atoms with Crippen LogP contribution >= 0.6 is 11.8 Å². The van der Waals surface area contributed by atoms with E-state index in [4.69, 9.17) is 5.73 Å². The molecule has 2 aromatic rings. The highest BCUT2D eigenvalue weighted by Crippen LogP contribution is 2.22. The third kappa shape index (κ3) is 6.73. The lowest BCUT2D eigenvalue weighted by atomic mass is 10.1. The van der Waals surface area contributed by atoms with Crippen LogP contribution in [-0.4, -0.2) is 35.6 Å². The number of amides is 2. The van der Waals surface area contributed by atoms with E-state index in [2.05, 4.69) is 36.2 Å². The van der Waals surface area contributed by atoms with Gasteiger partial charge in [-0.15, -0.1) is 11.8 Å². The molecule has 0 heterocycles. The van der Waals surface area contributed by atoms with Crippen LogP contribution < -0.4 is 11.1 Å². The van der Waals surface area contributed by atoms with Crippen molar-refractivity contribution >= 4 is 23.6 Å². The monoisotopic (exact) mass is 385 g/mol. The molecule has 0 saturated carbocycles. The molecule has 144 valence electrons. The predicted molar refractivity (Wildman–Crippen MR) is 111 cm³/mol. The topological polar surface area (TPSA) is 75.4 Å². The fraction of sp³-hybridized carbons (Fsp3) is 0.333. The molecule has 0 atom stereocenters. The highest BCUT2D eigenvalue weighted by molar-refractivity contribution is 8.00. The van der Waals surface area contributed by atoms with Crippen molar-refractivity contribution in [2.45, 2.75) is 31.8 Å². The molecule has 3 N–H and O–H groups in total. The van der Waals surface area contributed by atoms with Gasteiger partial charge in [0.1, 0.15) is 0 Å². The van der Waals surface area contributed by atoms with Crippen molar-refractivity contribution < 1.29 is 9.59 Å². The van der Waals surface area contributed by atoms with Crippen LogP contribution in [0.4, 0.5) is 0 Å². The number of hydrogen-bond donors (Lipinski definition) is 2. The summed E-state index contributed by atoms with van der Waals surface area (Å²) in [6.07, 6.45) is 0. The third-order valence-corrected chi connectivity index (χ3v) is 5.37. The SMILES string of the molecule is CCN(CC)Cc1ccc(CNC(=O)c2ccccc2SCC(N)=O)cc1. The maximum atomic E-state index is 12.5. The number of thioether (sulfide) groups is 1. The molecule has 0 spiro atoms. The Balaban J connectivity index is 1.95. The molecule has 5 nitrogen and oxygen atoms in total. The number of primary amides is 1. The predicted octanol–water partition coefficient (Wildman–Crippen LogP) is 3.04. The zero-order chi connectivity index (χ0) is 19.6. The Kier molecular flexibility index (Phi) is 8.36. The zero-order valence-electron chi connectivity index (χ0n) is 15.9. The molecule has 0 aliphatic heterocycles. The van der Waals surface area contributed by atoms with E-state index in [9.17, 15) is 9.59 Å². The largest absolute Gasteiger partial charge is 0.369 e. The highest BCUT2D eigenvalue weighted by atomic mass is 32.2. The van der Waals surface area contributed by atoms with E-state index < -0.39 is 5.91 Å². The van der Waals surface area contributed by atoms with E-state index in [1.165, 1.54) is 17.3 Å². The minimum absolute atomic E-state index is 0.151. The Morgan fingerprint density at radius 3 is 2.26 bits per heavy atom. The summed E-state index contributed by atoms with van der Waals surface area (Å²) in [5.41, 5.74) is 8.07. The first-order chi connectivity index (χ1) is 13.0. The number of rotatable bonds is 10. The maximum Gasteiger partial charge on any atom is 0.252 e. The zero-order valence-corrected chi connectivity index (χ0v) is 16.7. The summed E-state index contributed by atoms with van der Waals surface area (Å²) in [6.45, 7) is 7.77. The fourth-order valence-corrected chi connectivity index (χ4v) is 3.46. The van der Waals surface area contributed by atoms with Gasteiger partial charge in [0, 0.05) is 18.0 Å². The molecule has 2 aromatic carbocycles. The lowest BCUT2D eigenvalue weighted by Crippen LogP contribution is -2.24. The Hall–Kier alpha value is -2.31. The molecular formula is C21H27N3O2S. The molecule has 0 aliphatic rings. The Bertz CT molecular complexity index is 758. The summed E-state index contributed by atoms with van der Waals surface area (Å²) in [5, 5.41) is 2.95. The Morgan fingerprint density at radius 1 is 1.00 bits per heavy atom. The van der Waals surface area contributed by atoms with Crippen molar-refractivity contribution in [2.75, 3.05) is 18.8 Å². The molecule has 2 rings (SSSR count). The van der Waals surface area contributed by atoms with Gasteiger partial charge in [-0.3, -0.25) is 14.5 Å². The number of benzene rings is 2. The van der Waals surface area contributed by atoms with Gasteiger partial charge in [0.15, 0.2) is 0 Å². The van der Waals surface area contributed by atoms with Crippen LogP contribution in [0, 0.1) is 0 Å². The second-order valence-electron chi connectivity index (χ2n) is 6.21. The first-order valence-electron chi connectivity index (χ1n) is 9.12. The van der Waals surface area contributed by atoms with E-state index in [-0.39, 0.29) is 11.7 Å². The summed E-state index contributed by atoms with van der Waals surface area (Å²) < 4.78 is 0. The molecule has 27 heavy (non-hydrogen) atoms. The van der Waals surface area contributed by atoms with Gasteiger partial charge in [0.2, 0.25) is 5.91 Å². The van der Waals surface area contributed by atoms with Crippen LogP contribution in [0.15, 0.2) is 53.4 Å². The lowest BCUT2D eigenvalue weighted by molar-refractivity contribution is -0.115. The summed E-state index contributed by atoms with van der Waals surface area (Å²) >= 11 is 1.28. The molecular weight excluding hydrogens is 358 g/mol. The normalized spacial score (nSPS) is 10.8. The summed E-state index contributed by atoms with van der Waals surface area (Å²) in [4.78, 5) is 26.6. The summed E-state index contributed by atoms with van der Waals surface area (Å²) in [7, 11) is 0. The average Bonchev–Trinajstić information content (AvgIpc) is 2.69. The molecule has 6 heteroatoms. The first kappa shape index (κ1) is 21.0. The average molecular weight is 386 g/mol. The van der Waals surface area contributed by atoms with E-state index in [1.54, 1.807) is 6.07 Å². The number of hydrogen-bond acceptors (Lipinski definition) is 4. The molecule has 0 radical (unpaired) electrons. The number of carbonyl (C=O) groups excluding carboxylic acids is 2. The Labute approximate surface area is 165 Å². The molecule has 0 unspecified atom stereocenters. The van der Waals surface area contributed by atoms with Crippen LogP contribution in [0.2, 0.25) is 0 Å². The molecule has 0 aromatic heterocycles. The quantitative estimate of drug-likeness (QED) is 0.617. The first-order valence-corrected chi connectivity index (χ1v) is 10.1. The van der Waals surface area contributed by atoms with E-state index in [1.807, 2.05) is 30.3 Å². The van der Waals surface area contributed by atoms with Crippen LogP contribution in [0.5, 0.6) is 0 Å². The molecule has 0 aliphatic carbocycles. The van der Waals surface area contributed by atoms with Gasteiger partial charge < -0.3 is 11.1 Å². The van der Waals surface area contributed by atoms with E-state index in [0.29, 0.717) is 12.1 Å². The van der Waals surface area contributed by atoms with Crippen LogP contribution in [-0.2, 0) is 17.9 Å². The van der Waals surface area contributed by atoms with Crippen molar-refractivity contribution in [1.29, 1.82) is 0 Å². The van der Waals surface area contributed by atoms with Gasteiger partial charge in [0.25, 0.3) is 5.91 Å². The minimum atomic E-state index is -0.403. The number of nitrogens with zero attached hydrogens (tertiary/aromatic N) is 1. The van der Waals surface area contributed by atoms with E-state index in [0.717, 1.165) is 30.1 Å². The Morgan fingerprint density at radius 2 is 1.63 bits per heavy atom. The fourth-order valence-electron chi connectivity index (χ4n) is 2.67.